The van der Waals surface area contributed by atoms with Gasteiger partial charge in [-0.2, -0.15) is 10.1 Å². The van der Waals surface area contributed by atoms with Gasteiger partial charge in [-0.15, -0.1) is 5.10 Å². The van der Waals surface area contributed by atoms with Crippen LogP contribution in [0.1, 0.15) is 22.3 Å². The lowest BCUT2D eigenvalue weighted by Gasteiger charge is -2.30. The largest absolute Gasteiger partial charge is 0.493 e. The minimum Gasteiger partial charge on any atom is -0.493 e. The van der Waals surface area contributed by atoms with Crippen LogP contribution in [0.4, 0.5) is 11.8 Å². The zero-order valence-electron chi connectivity index (χ0n) is 17.0. The van der Waals surface area contributed by atoms with E-state index in [1.807, 2.05) is 6.07 Å². The highest BCUT2D eigenvalue weighted by atomic mass is 16.5. The topological polar surface area (TPSA) is 72.4 Å². The smallest absolute Gasteiger partial charge is 0.244 e. The van der Waals surface area contributed by atoms with E-state index in [1.165, 1.54) is 22.3 Å². The van der Waals surface area contributed by atoms with Gasteiger partial charge in [0, 0.05) is 19.6 Å². The fourth-order valence-electron chi connectivity index (χ4n) is 3.60. The van der Waals surface area contributed by atoms with Crippen molar-refractivity contribution in [3.05, 3.63) is 64.8 Å². The lowest BCUT2D eigenvalue weighted by molar-refractivity contribution is 0.353. The molecule has 0 spiro atoms. The summed E-state index contributed by atoms with van der Waals surface area (Å²) in [6, 6.07) is 12.5. The van der Waals surface area contributed by atoms with E-state index in [4.69, 9.17) is 9.47 Å². The second-order valence-corrected chi connectivity index (χ2v) is 7.13. The summed E-state index contributed by atoms with van der Waals surface area (Å²) in [6.07, 6.45) is 2.62. The number of anilines is 2. The van der Waals surface area contributed by atoms with Crippen molar-refractivity contribution in [2.24, 2.45) is 0 Å². The van der Waals surface area contributed by atoms with Crippen LogP contribution in [0.25, 0.3) is 0 Å². The van der Waals surface area contributed by atoms with Crippen LogP contribution < -0.4 is 19.7 Å². The first-order valence-corrected chi connectivity index (χ1v) is 9.64. The first-order chi connectivity index (χ1) is 14.2. The molecule has 0 fully saturated rings. The van der Waals surface area contributed by atoms with Crippen LogP contribution in [-0.2, 0) is 19.5 Å². The molecule has 0 bridgehead atoms. The van der Waals surface area contributed by atoms with Crippen LogP contribution in [0.5, 0.6) is 11.5 Å². The number of rotatable bonds is 6. The van der Waals surface area contributed by atoms with E-state index >= 15 is 0 Å². The van der Waals surface area contributed by atoms with Gasteiger partial charge in [-0.1, -0.05) is 29.8 Å². The van der Waals surface area contributed by atoms with Crippen molar-refractivity contribution in [1.29, 1.82) is 0 Å². The number of aryl methyl sites for hydroxylation is 1. The Labute approximate surface area is 170 Å². The van der Waals surface area contributed by atoms with Crippen LogP contribution in [0.2, 0.25) is 0 Å². The highest BCUT2D eigenvalue weighted by Crippen LogP contribution is 2.34. The minimum atomic E-state index is 0.530. The molecular formula is C22H25N5O2. The van der Waals surface area contributed by atoms with Gasteiger partial charge in [0.05, 0.1) is 20.4 Å². The quantitative estimate of drug-likeness (QED) is 0.691. The molecule has 2 aromatic carbocycles. The molecule has 1 aliphatic heterocycles. The first-order valence-electron chi connectivity index (χ1n) is 9.64. The SMILES string of the molecule is COc1cc2c(cc1OC)CN(c1cnnc(NCc3cccc(C)c3)n1)CC2. The number of aromatic nitrogens is 3. The predicted octanol–water partition coefficient (Wildman–Crippen LogP) is 3.37. The Hall–Kier alpha value is -3.35. The molecule has 1 aromatic heterocycles. The number of nitrogens with one attached hydrogen (secondary N) is 1. The maximum Gasteiger partial charge on any atom is 0.244 e. The summed E-state index contributed by atoms with van der Waals surface area (Å²) in [5.41, 5.74) is 4.91. The van der Waals surface area contributed by atoms with Crippen molar-refractivity contribution in [3.8, 4) is 11.5 Å². The second kappa shape index (κ2) is 8.34. The number of benzene rings is 2. The first kappa shape index (κ1) is 19.0. The molecule has 3 aromatic rings. The fraction of sp³-hybridized carbons (Fsp3) is 0.318. The third kappa shape index (κ3) is 4.23. The summed E-state index contributed by atoms with van der Waals surface area (Å²) in [6.45, 7) is 4.35. The van der Waals surface area contributed by atoms with Crippen LogP contribution >= 0.6 is 0 Å². The van der Waals surface area contributed by atoms with Gasteiger partial charge in [0.2, 0.25) is 5.95 Å². The summed E-state index contributed by atoms with van der Waals surface area (Å²) in [4.78, 5) is 6.88. The molecule has 4 rings (SSSR count). The van der Waals surface area contributed by atoms with Gasteiger partial charge in [0.15, 0.2) is 17.3 Å². The predicted molar refractivity (Wildman–Crippen MR) is 113 cm³/mol. The van der Waals surface area contributed by atoms with Crippen molar-refractivity contribution in [1.82, 2.24) is 15.2 Å². The third-order valence-corrected chi connectivity index (χ3v) is 5.12. The van der Waals surface area contributed by atoms with E-state index < -0.39 is 0 Å². The van der Waals surface area contributed by atoms with Crippen LogP contribution in [-0.4, -0.2) is 35.9 Å². The van der Waals surface area contributed by atoms with Crippen molar-refractivity contribution in [2.45, 2.75) is 26.4 Å². The van der Waals surface area contributed by atoms with Crippen molar-refractivity contribution in [3.63, 3.8) is 0 Å². The molecule has 2 heterocycles. The van der Waals surface area contributed by atoms with E-state index in [0.29, 0.717) is 12.5 Å². The number of hydrogen-bond acceptors (Lipinski definition) is 7. The average Bonchev–Trinajstić information content (AvgIpc) is 2.76. The van der Waals surface area contributed by atoms with E-state index in [0.717, 1.165) is 36.8 Å². The molecule has 0 amide bonds. The van der Waals surface area contributed by atoms with Gasteiger partial charge in [0.1, 0.15) is 0 Å². The number of fused-ring (bicyclic) bond motifs is 1. The molecule has 7 heteroatoms. The molecule has 0 radical (unpaired) electrons. The Balaban J connectivity index is 1.49. The Morgan fingerprint density at radius 2 is 1.86 bits per heavy atom. The monoisotopic (exact) mass is 391 g/mol. The lowest BCUT2D eigenvalue weighted by Crippen LogP contribution is -2.31. The average molecular weight is 391 g/mol. The summed E-state index contributed by atoms with van der Waals surface area (Å²) in [5.74, 6) is 2.86. The Morgan fingerprint density at radius 1 is 1.07 bits per heavy atom. The molecule has 150 valence electrons. The number of ether oxygens (including phenoxy) is 2. The molecule has 0 saturated heterocycles. The van der Waals surface area contributed by atoms with Crippen LogP contribution in [0, 0.1) is 6.92 Å². The van der Waals surface area contributed by atoms with Gasteiger partial charge in [-0.25, -0.2) is 0 Å². The summed E-state index contributed by atoms with van der Waals surface area (Å²) >= 11 is 0. The normalized spacial score (nSPS) is 13.0. The summed E-state index contributed by atoms with van der Waals surface area (Å²) in [7, 11) is 3.32. The Morgan fingerprint density at radius 3 is 2.62 bits per heavy atom. The molecule has 1 N–H and O–H groups in total. The molecule has 29 heavy (non-hydrogen) atoms. The van der Waals surface area contributed by atoms with Gasteiger partial charge < -0.3 is 19.7 Å². The lowest BCUT2D eigenvalue weighted by atomic mass is 9.99. The maximum atomic E-state index is 5.45. The second-order valence-electron chi connectivity index (χ2n) is 7.13. The summed E-state index contributed by atoms with van der Waals surface area (Å²) in [5, 5.41) is 11.5. The standard InChI is InChI=1S/C22H25N5O2/c1-15-5-4-6-16(9-15)12-23-22-25-21(13-24-26-22)27-8-7-17-10-19(28-2)20(29-3)11-18(17)14-27/h4-6,9-11,13H,7-8,12,14H2,1-3H3,(H,23,25,26). The van der Waals surface area contributed by atoms with Crippen molar-refractivity contribution >= 4 is 11.8 Å². The zero-order chi connectivity index (χ0) is 20.2. The molecule has 0 aliphatic carbocycles. The van der Waals surface area contributed by atoms with Crippen molar-refractivity contribution in [2.75, 3.05) is 31.0 Å². The van der Waals surface area contributed by atoms with Gasteiger partial charge >= 0.3 is 0 Å². The van der Waals surface area contributed by atoms with E-state index in [2.05, 4.69) is 62.7 Å². The highest BCUT2D eigenvalue weighted by Gasteiger charge is 2.21. The van der Waals surface area contributed by atoms with E-state index in [-0.39, 0.29) is 0 Å². The Kier molecular flexibility index (Phi) is 5.46. The molecule has 0 atom stereocenters. The van der Waals surface area contributed by atoms with E-state index in [9.17, 15) is 0 Å². The summed E-state index contributed by atoms with van der Waals surface area (Å²) < 4.78 is 10.9. The Bertz CT molecular complexity index is 1010. The van der Waals surface area contributed by atoms with Gasteiger partial charge in [-0.3, -0.25) is 0 Å². The van der Waals surface area contributed by atoms with Gasteiger partial charge in [0.25, 0.3) is 0 Å². The number of methoxy groups -OCH3 is 2. The molecule has 0 unspecified atom stereocenters. The van der Waals surface area contributed by atoms with Gasteiger partial charge in [-0.05, 0) is 42.2 Å². The minimum absolute atomic E-state index is 0.530. The fourth-order valence-corrected chi connectivity index (χ4v) is 3.60. The zero-order valence-corrected chi connectivity index (χ0v) is 17.0. The van der Waals surface area contributed by atoms with Crippen LogP contribution in [0.15, 0.2) is 42.6 Å². The van der Waals surface area contributed by atoms with Crippen molar-refractivity contribution < 1.29 is 9.47 Å². The molecule has 7 nitrogen and oxygen atoms in total. The maximum absolute atomic E-state index is 5.45. The molecule has 0 saturated carbocycles. The highest BCUT2D eigenvalue weighted by molar-refractivity contribution is 5.52. The molecular weight excluding hydrogens is 366 g/mol. The number of nitrogens with zero attached hydrogens (tertiary/aromatic N) is 4. The van der Waals surface area contributed by atoms with E-state index in [1.54, 1.807) is 20.4 Å². The molecule has 1 aliphatic rings. The third-order valence-electron chi connectivity index (χ3n) is 5.12. The van der Waals surface area contributed by atoms with Crippen LogP contribution in [0.3, 0.4) is 0 Å². The number of hydrogen-bond donors (Lipinski definition) is 1.